The molecule has 0 saturated heterocycles. The van der Waals surface area contributed by atoms with E-state index in [4.69, 9.17) is 9.97 Å². The molecular formula is C63H94N2Ni2P4+4. The van der Waals surface area contributed by atoms with Crippen LogP contribution in [0.5, 0.6) is 0 Å². The summed E-state index contributed by atoms with van der Waals surface area (Å²) in [4.78, 5) is 9.48. The Hall–Kier alpha value is -2.11. The van der Waals surface area contributed by atoms with Gasteiger partial charge in [0, 0.05) is 134 Å². The van der Waals surface area contributed by atoms with Crippen LogP contribution in [-0.2, 0) is 33.0 Å². The maximum absolute atomic E-state index is 4.74. The molecule has 2 aromatic heterocycles. The normalized spacial score (nSPS) is 11.6. The maximum atomic E-state index is 4.74. The van der Waals surface area contributed by atoms with Crippen LogP contribution < -0.4 is 21.2 Å². The predicted molar refractivity (Wildman–Crippen MR) is 328 cm³/mol. The molecule has 0 saturated carbocycles. The van der Waals surface area contributed by atoms with Crippen molar-refractivity contribution in [1.82, 2.24) is 9.97 Å². The minimum atomic E-state index is -0.676. The largest absolute Gasteiger partial charge is 0.263 e. The van der Waals surface area contributed by atoms with Crippen molar-refractivity contribution in [2.24, 2.45) is 0 Å². The second-order valence-electron chi connectivity index (χ2n) is 21.5. The Morgan fingerprint density at radius 1 is 0.310 bits per heavy atom. The summed E-state index contributed by atoms with van der Waals surface area (Å²) < 4.78 is 0. The monoisotopic (exact) mass is 1120 g/mol. The molecule has 0 spiro atoms. The van der Waals surface area contributed by atoms with Gasteiger partial charge in [0.15, 0.2) is 0 Å². The molecule has 0 radical (unpaired) electrons. The fraction of sp³-hybridized carbons (Fsp3) is 0.460. The Bertz CT molecular complexity index is 2090. The number of pyridine rings is 2. The van der Waals surface area contributed by atoms with Gasteiger partial charge in [-0.15, -0.1) is 0 Å². The third-order valence-corrected chi connectivity index (χ3v) is 27.5. The maximum Gasteiger partial charge on any atom is 0.0998 e. The zero-order valence-electron chi connectivity index (χ0n) is 47.0. The van der Waals surface area contributed by atoms with E-state index in [0.717, 1.165) is 0 Å². The molecule has 2 nitrogen and oxygen atoms in total. The Morgan fingerprint density at radius 2 is 0.493 bits per heavy atom. The van der Waals surface area contributed by atoms with Crippen molar-refractivity contribution in [2.75, 3.05) is 0 Å². The van der Waals surface area contributed by atoms with E-state index < -0.39 is 31.7 Å². The fourth-order valence-corrected chi connectivity index (χ4v) is 24.5. The van der Waals surface area contributed by atoms with Crippen LogP contribution in [0.15, 0.2) is 134 Å². The summed E-state index contributed by atoms with van der Waals surface area (Å²) in [6.45, 7) is 42.6. The summed E-state index contributed by atoms with van der Waals surface area (Å²) in [7, 11) is -2.70. The second-order valence-corrected chi connectivity index (χ2v) is 36.6. The average Bonchev–Trinajstić information content (AvgIpc) is 3.30. The van der Waals surface area contributed by atoms with Crippen LogP contribution in [-0.4, -0.2) is 55.2 Å². The van der Waals surface area contributed by atoms with E-state index >= 15 is 0 Å². The number of rotatable bonds is 18. The van der Waals surface area contributed by atoms with Crippen LogP contribution in [0.1, 0.15) is 144 Å². The van der Waals surface area contributed by atoms with Gasteiger partial charge in [-0.1, -0.05) is 106 Å². The summed E-state index contributed by atoms with van der Waals surface area (Å²) in [6, 6.07) is 41.0. The quantitative estimate of drug-likeness (QED) is 0.0633. The smallest absolute Gasteiger partial charge is 0.0998 e. The van der Waals surface area contributed by atoms with Gasteiger partial charge < -0.3 is 0 Å². The van der Waals surface area contributed by atoms with Gasteiger partial charge in [0.05, 0.1) is 66.5 Å². The van der Waals surface area contributed by atoms with Crippen LogP contribution >= 0.6 is 31.7 Å². The minimum Gasteiger partial charge on any atom is -0.263 e. The molecule has 0 aliphatic carbocycles. The van der Waals surface area contributed by atoms with Crippen molar-refractivity contribution < 1.29 is 33.0 Å². The van der Waals surface area contributed by atoms with Crippen LogP contribution in [0.2, 0.25) is 0 Å². The molecule has 0 bridgehead atoms. The van der Waals surface area contributed by atoms with Crippen LogP contribution in [0.4, 0.5) is 0 Å². The van der Waals surface area contributed by atoms with Crippen molar-refractivity contribution >= 4 is 52.9 Å². The van der Waals surface area contributed by atoms with Gasteiger partial charge >= 0.3 is 0 Å². The van der Waals surface area contributed by atoms with Crippen LogP contribution in [0.3, 0.4) is 0 Å². The van der Waals surface area contributed by atoms with E-state index in [1.165, 1.54) is 63.8 Å². The summed E-state index contributed by atoms with van der Waals surface area (Å²) >= 11 is 0. The number of benzene rings is 4. The molecule has 8 heteroatoms. The molecular weight excluding hydrogens is 1030 g/mol. The SMILES string of the molecule is CC(C)[PH+](c1ccccc1-c1cncc(-c2ccccc2[PH+](C(C)C)C(C)C)c1)C(C)C.CC(C)[PH+](c1ccccc1-c1cncc(-c2ccccc2[PH+](C(C)C)C(C)C)c1)C(C)C.CCCCC.[Ni].[Ni]. The van der Waals surface area contributed by atoms with E-state index in [2.05, 4.69) is 259 Å². The third-order valence-electron chi connectivity index (χ3n) is 13.4. The van der Waals surface area contributed by atoms with Crippen molar-refractivity contribution in [1.29, 1.82) is 0 Å². The molecule has 0 atom stereocenters. The standard InChI is InChI=1S/2C29H39NP2.C5H12.2Ni/c2*1-20(2)31(21(3)4)28-15-11-9-13-26(28)24-17-25(19-30-18-24)27-14-10-12-16-29(27)32(22(5)6)23(7)8;1-3-5-4-2;;/h2*9-23H,1-8H3;3-5H2,1-2H3;;/p+4. The molecule has 0 amide bonds. The van der Waals surface area contributed by atoms with E-state index in [1.807, 2.05) is 0 Å². The fourth-order valence-electron chi connectivity index (χ4n) is 10.9. The molecule has 6 aromatic rings. The van der Waals surface area contributed by atoms with Crippen molar-refractivity contribution in [3.8, 4) is 44.5 Å². The number of hydrogen-bond acceptors (Lipinski definition) is 2. The summed E-state index contributed by atoms with van der Waals surface area (Å²) in [6.07, 6.45) is 12.3. The molecule has 0 aliphatic rings. The van der Waals surface area contributed by atoms with Gasteiger partial charge in [-0.05, 0) is 147 Å². The Kier molecular flexibility index (Phi) is 29.6. The zero-order chi connectivity index (χ0) is 50.9. The molecule has 0 aliphatic heterocycles. The third kappa shape index (κ3) is 18.0. The topological polar surface area (TPSA) is 25.8 Å². The predicted octanol–water partition coefficient (Wildman–Crippen LogP) is 17.6. The number of nitrogens with zero attached hydrogens (tertiary/aromatic N) is 2. The molecule has 0 fully saturated rings. The van der Waals surface area contributed by atoms with Gasteiger partial charge in [0.1, 0.15) is 0 Å². The van der Waals surface area contributed by atoms with Crippen molar-refractivity contribution in [2.45, 2.75) is 189 Å². The minimum absolute atomic E-state index is 0. The molecule has 0 N–H and O–H groups in total. The van der Waals surface area contributed by atoms with Crippen LogP contribution in [0, 0.1) is 0 Å². The molecule has 0 unspecified atom stereocenters. The second kappa shape index (κ2) is 32.4. The van der Waals surface area contributed by atoms with E-state index in [0.29, 0.717) is 45.3 Å². The molecule has 392 valence electrons. The summed E-state index contributed by atoms with van der Waals surface area (Å²) in [5.41, 5.74) is 16.0. The van der Waals surface area contributed by atoms with Crippen molar-refractivity contribution in [3.63, 3.8) is 0 Å². The Balaban J connectivity index is 0.000000433. The first-order chi connectivity index (χ1) is 32.9. The summed E-state index contributed by atoms with van der Waals surface area (Å²) in [5, 5.41) is 6.18. The zero-order valence-corrected chi connectivity index (χ0v) is 52.9. The number of hydrogen-bond donors (Lipinski definition) is 0. The van der Waals surface area contributed by atoms with Gasteiger partial charge in [0.2, 0.25) is 0 Å². The Labute approximate surface area is 460 Å². The number of unbranched alkanes of at least 4 members (excludes halogenated alkanes) is 2. The first-order valence-corrected chi connectivity index (χ1v) is 33.2. The molecule has 4 aromatic carbocycles. The summed E-state index contributed by atoms with van der Waals surface area (Å²) in [5.74, 6) is 0. The van der Waals surface area contributed by atoms with Gasteiger partial charge in [0.25, 0.3) is 0 Å². The van der Waals surface area contributed by atoms with Crippen LogP contribution in [0.25, 0.3) is 44.5 Å². The van der Waals surface area contributed by atoms with Gasteiger partial charge in [-0.25, -0.2) is 0 Å². The Morgan fingerprint density at radius 3 is 0.648 bits per heavy atom. The van der Waals surface area contributed by atoms with Gasteiger partial charge in [-0.3, -0.25) is 9.97 Å². The first kappa shape index (κ1) is 65.0. The molecule has 6 rings (SSSR count). The number of aromatic nitrogens is 2. The van der Waals surface area contributed by atoms with Gasteiger partial charge in [-0.2, -0.15) is 0 Å². The van der Waals surface area contributed by atoms with E-state index in [1.54, 1.807) is 21.2 Å². The average molecular weight is 1120 g/mol. The van der Waals surface area contributed by atoms with E-state index in [-0.39, 0.29) is 33.0 Å². The molecule has 2 heterocycles. The molecule has 71 heavy (non-hydrogen) atoms. The first-order valence-electron chi connectivity index (χ1n) is 26.6. The van der Waals surface area contributed by atoms with E-state index in [9.17, 15) is 0 Å². The van der Waals surface area contributed by atoms with Crippen molar-refractivity contribution in [3.05, 3.63) is 134 Å².